The molecule has 6 rings (SSSR count). The number of halogens is 1. The Balaban J connectivity index is 1.09. The van der Waals surface area contributed by atoms with Gasteiger partial charge >= 0.3 is 0 Å². The number of anilines is 2. The third-order valence-electron chi connectivity index (χ3n) is 8.73. The largest absolute Gasteiger partial charge is 0.381 e. The van der Waals surface area contributed by atoms with Crippen LogP contribution in [0.3, 0.4) is 0 Å². The van der Waals surface area contributed by atoms with E-state index in [4.69, 9.17) is 27.8 Å². The summed E-state index contributed by atoms with van der Waals surface area (Å²) in [6.45, 7) is 6.83. The molecule has 2 aromatic rings. The number of ether oxygens (including phenoxy) is 1. The molecule has 4 fully saturated rings. The molecule has 1 saturated carbocycles. The van der Waals surface area contributed by atoms with Crippen molar-refractivity contribution in [3.05, 3.63) is 29.2 Å². The highest BCUT2D eigenvalue weighted by Gasteiger charge is 2.47. The summed E-state index contributed by atoms with van der Waals surface area (Å²) in [5, 5.41) is 1.16. The zero-order chi connectivity index (χ0) is 26.3. The van der Waals surface area contributed by atoms with Crippen molar-refractivity contribution in [2.75, 3.05) is 43.4 Å². The van der Waals surface area contributed by atoms with Gasteiger partial charge in [0.15, 0.2) is 5.82 Å². The molecule has 2 aromatic heterocycles. The standard InChI is InChI=1S/C28H36ClN7OS/c1-18-25(30)28(17-37-18)9-14-36(15-10-28)23-16-33-27(26(31)34-23)38-22-6-11-32-21(24(22)29)5-2-19-7-12-35(13-8-19)20-3-4-20/h6,11,16,18-20,25H,3-4,7-10,12-15,17,30H2,1H3,(H2,31,34)/t18-,25+/m0/s1. The molecule has 3 saturated heterocycles. The Morgan fingerprint density at radius 2 is 1.89 bits per heavy atom. The lowest BCUT2D eigenvalue weighted by atomic mass is 9.73. The summed E-state index contributed by atoms with van der Waals surface area (Å²) in [4.78, 5) is 19.4. The normalized spacial score (nSPS) is 25.9. The van der Waals surface area contributed by atoms with Crippen LogP contribution in [-0.2, 0) is 4.74 Å². The molecule has 4 aliphatic rings. The lowest BCUT2D eigenvalue weighted by Gasteiger charge is -2.41. The second-order valence-corrected chi connectivity index (χ2v) is 12.6. The molecule has 202 valence electrons. The van der Waals surface area contributed by atoms with E-state index in [0.717, 1.165) is 75.2 Å². The lowest BCUT2D eigenvalue weighted by molar-refractivity contribution is 0.0974. The topological polar surface area (TPSA) is 106 Å². The summed E-state index contributed by atoms with van der Waals surface area (Å²) in [6, 6.07) is 2.79. The molecular formula is C28H36ClN7OS. The maximum absolute atomic E-state index is 6.72. The highest BCUT2D eigenvalue weighted by atomic mass is 35.5. The van der Waals surface area contributed by atoms with Crippen molar-refractivity contribution in [3.63, 3.8) is 0 Å². The molecule has 1 spiro atoms. The average Bonchev–Trinajstić information content (AvgIpc) is 3.75. The SMILES string of the molecule is C[C@@H]1OCC2(CCN(c3cnc(Sc4ccnc(C#CC5CCN(C6CC6)CC5)c4Cl)c(N)n3)CC2)[C@@H]1N. The van der Waals surface area contributed by atoms with E-state index in [2.05, 4.69) is 43.5 Å². The summed E-state index contributed by atoms with van der Waals surface area (Å²) < 4.78 is 5.85. The number of nitrogens with two attached hydrogens (primary N) is 2. The van der Waals surface area contributed by atoms with Gasteiger partial charge in [0.1, 0.15) is 16.5 Å². The monoisotopic (exact) mass is 553 g/mol. The summed E-state index contributed by atoms with van der Waals surface area (Å²) >= 11 is 8.13. The molecule has 1 aliphatic carbocycles. The van der Waals surface area contributed by atoms with Gasteiger partial charge in [-0.1, -0.05) is 29.3 Å². The minimum Gasteiger partial charge on any atom is -0.381 e. The smallest absolute Gasteiger partial charge is 0.158 e. The second kappa shape index (κ2) is 10.8. The first-order chi connectivity index (χ1) is 18.4. The summed E-state index contributed by atoms with van der Waals surface area (Å²) in [7, 11) is 0. The zero-order valence-corrected chi connectivity index (χ0v) is 23.5. The summed E-state index contributed by atoms with van der Waals surface area (Å²) in [6.07, 6.45) is 10.6. The molecule has 8 nitrogen and oxygen atoms in total. The third kappa shape index (κ3) is 5.34. The van der Waals surface area contributed by atoms with Gasteiger partial charge in [-0.05, 0) is 70.5 Å². The first kappa shape index (κ1) is 26.1. The zero-order valence-electron chi connectivity index (χ0n) is 21.9. The lowest BCUT2D eigenvalue weighted by Crippen LogP contribution is -2.50. The molecule has 0 radical (unpaired) electrons. The number of hydrogen-bond donors (Lipinski definition) is 2. The Labute approximate surface area is 234 Å². The van der Waals surface area contributed by atoms with Gasteiger partial charge in [0.2, 0.25) is 0 Å². The Hall–Kier alpha value is -2.09. The number of likely N-dealkylation sites (tertiary alicyclic amines) is 1. The first-order valence-electron chi connectivity index (χ1n) is 13.7. The van der Waals surface area contributed by atoms with E-state index in [-0.39, 0.29) is 17.6 Å². The van der Waals surface area contributed by atoms with Gasteiger partial charge in [0, 0.05) is 47.6 Å². The average molecular weight is 554 g/mol. The van der Waals surface area contributed by atoms with Crippen LogP contribution in [-0.4, -0.2) is 70.8 Å². The van der Waals surface area contributed by atoms with Crippen molar-refractivity contribution in [1.29, 1.82) is 0 Å². The van der Waals surface area contributed by atoms with Gasteiger partial charge < -0.3 is 26.0 Å². The fraction of sp³-hybridized carbons (Fsp3) is 0.607. The predicted molar refractivity (Wildman–Crippen MR) is 151 cm³/mol. The van der Waals surface area contributed by atoms with Crippen LogP contribution in [0.25, 0.3) is 0 Å². The highest BCUT2D eigenvalue weighted by Crippen LogP contribution is 2.42. The second-order valence-electron chi connectivity index (χ2n) is 11.2. The van der Waals surface area contributed by atoms with Crippen molar-refractivity contribution in [2.45, 2.75) is 73.6 Å². The van der Waals surface area contributed by atoms with Crippen molar-refractivity contribution < 1.29 is 4.74 Å². The van der Waals surface area contributed by atoms with E-state index in [1.54, 1.807) is 12.4 Å². The van der Waals surface area contributed by atoms with Gasteiger partial charge in [-0.2, -0.15) is 0 Å². The molecular weight excluding hydrogens is 518 g/mol. The number of aromatic nitrogens is 3. The van der Waals surface area contributed by atoms with Gasteiger partial charge in [-0.15, -0.1) is 0 Å². The number of rotatable bonds is 4. The van der Waals surface area contributed by atoms with Gasteiger partial charge in [0.05, 0.1) is 23.9 Å². The minimum absolute atomic E-state index is 0.0668. The van der Waals surface area contributed by atoms with Crippen molar-refractivity contribution in [3.8, 4) is 11.8 Å². The highest BCUT2D eigenvalue weighted by molar-refractivity contribution is 7.99. The fourth-order valence-corrected chi connectivity index (χ4v) is 7.04. The van der Waals surface area contributed by atoms with E-state index in [1.165, 1.54) is 24.6 Å². The van der Waals surface area contributed by atoms with E-state index < -0.39 is 0 Å². The van der Waals surface area contributed by atoms with Crippen molar-refractivity contribution in [1.82, 2.24) is 19.9 Å². The Morgan fingerprint density at radius 1 is 1.13 bits per heavy atom. The molecule has 2 atom stereocenters. The number of piperidine rings is 2. The Kier molecular flexibility index (Phi) is 7.45. The molecule has 0 amide bonds. The number of nitrogens with zero attached hydrogens (tertiary/aromatic N) is 5. The number of nitrogen functional groups attached to an aromatic ring is 1. The number of pyridine rings is 1. The maximum atomic E-state index is 6.72. The minimum atomic E-state index is 0.0668. The van der Waals surface area contributed by atoms with Gasteiger partial charge in [-0.25, -0.2) is 15.0 Å². The van der Waals surface area contributed by atoms with E-state index in [1.807, 2.05) is 6.07 Å². The van der Waals surface area contributed by atoms with Crippen LogP contribution >= 0.6 is 23.4 Å². The van der Waals surface area contributed by atoms with Crippen LogP contribution < -0.4 is 16.4 Å². The maximum Gasteiger partial charge on any atom is 0.158 e. The quantitative estimate of drug-likeness (QED) is 0.546. The molecule has 0 aromatic carbocycles. The van der Waals surface area contributed by atoms with Gasteiger partial charge in [-0.3, -0.25) is 0 Å². The molecule has 10 heteroatoms. The molecule has 0 bridgehead atoms. The first-order valence-corrected chi connectivity index (χ1v) is 14.9. The fourth-order valence-electron chi connectivity index (χ4n) is 5.98. The van der Waals surface area contributed by atoms with E-state index >= 15 is 0 Å². The molecule has 0 unspecified atom stereocenters. The summed E-state index contributed by atoms with van der Waals surface area (Å²) in [5.74, 6) is 8.25. The number of hydrogen-bond acceptors (Lipinski definition) is 9. The van der Waals surface area contributed by atoms with Crippen LogP contribution in [0.5, 0.6) is 0 Å². The van der Waals surface area contributed by atoms with Crippen molar-refractivity contribution in [2.24, 2.45) is 17.1 Å². The Bertz CT molecular complexity index is 1230. The van der Waals surface area contributed by atoms with Crippen LogP contribution in [0.4, 0.5) is 11.6 Å². The van der Waals surface area contributed by atoms with Crippen LogP contribution in [0.15, 0.2) is 28.4 Å². The summed E-state index contributed by atoms with van der Waals surface area (Å²) in [5.41, 5.74) is 13.5. The van der Waals surface area contributed by atoms with Crippen LogP contribution in [0, 0.1) is 23.2 Å². The van der Waals surface area contributed by atoms with E-state index in [9.17, 15) is 0 Å². The predicted octanol–water partition coefficient (Wildman–Crippen LogP) is 3.82. The third-order valence-corrected chi connectivity index (χ3v) is 10.3. The van der Waals surface area contributed by atoms with Crippen LogP contribution in [0.1, 0.15) is 51.1 Å². The van der Waals surface area contributed by atoms with Crippen LogP contribution in [0.2, 0.25) is 5.02 Å². The molecule has 3 aliphatic heterocycles. The van der Waals surface area contributed by atoms with Crippen molar-refractivity contribution >= 4 is 35.0 Å². The van der Waals surface area contributed by atoms with Gasteiger partial charge in [0.25, 0.3) is 0 Å². The molecule has 4 N–H and O–H groups in total. The molecule has 5 heterocycles. The van der Waals surface area contributed by atoms with E-state index in [0.29, 0.717) is 27.5 Å². The molecule has 38 heavy (non-hydrogen) atoms. The Morgan fingerprint density at radius 3 is 2.55 bits per heavy atom.